The molecule has 1 aromatic carbocycles. The Morgan fingerprint density at radius 3 is 3.00 bits per heavy atom. The molecule has 13 heavy (non-hydrogen) atoms. The molecular formula is C11H16N2. The maximum Gasteiger partial charge on any atom is 0.0212 e. The molecule has 0 bridgehead atoms. The van der Waals surface area contributed by atoms with Gasteiger partial charge in [-0.05, 0) is 23.2 Å². The summed E-state index contributed by atoms with van der Waals surface area (Å²) in [6.45, 7) is 6.24. The molecule has 0 aliphatic carbocycles. The molecular weight excluding hydrogens is 160 g/mol. The highest BCUT2D eigenvalue weighted by molar-refractivity contribution is 5.34. The smallest absolute Gasteiger partial charge is 0.0212 e. The average molecular weight is 176 g/mol. The lowest BCUT2D eigenvalue weighted by Crippen LogP contribution is -2.11. The van der Waals surface area contributed by atoms with Crippen LogP contribution in [0, 0.1) is 0 Å². The maximum absolute atomic E-state index is 3.35. The number of benzene rings is 1. The van der Waals surface area contributed by atoms with E-state index in [1.54, 1.807) is 0 Å². The molecule has 2 heteroatoms. The van der Waals surface area contributed by atoms with E-state index in [9.17, 15) is 0 Å². The van der Waals surface area contributed by atoms with Crippen LogP contribution in [0.3, 0.4) is 0 Å². The van der Waals surface area contributed by atoms with Crippen molar-refractivity contribution in [3.05, 3.63) is 34.9 Å². The fourth-order valence-corrected chi connectivity index (χ4v) is 1.73. The summed E-state index contributed by atoms with van der Waals surface area (Å²) < 4.78 is 0. The van der Waals surface area contributed by atoms with Crippen molar-refractivity contribution in [3.63, 3.8) is 0 Å². The minimum atomic E-state index is 0.990. The van der Waals surface area contributed by atoms with Gasteiger partial charge in [0.25, 0.3) is 0 Å². The Bertz CT molecular complexity index is 294. The Kier molecular flexibility index (Phi) is 2.62. The van der Waals surface area contributed by atoms with Crippen LogP contribution in [0.5, 0.6) is 0 Å². The van der Waals surface area contributed by atoms with Gasteiger partial charge >= 0.3 is 0 Å². The summed E-state index contributed by atoms with van der Waals surface area (Å²) in [5.41, 5.74) is 4.32. The molecule has 70 valence electrons. The number of hydrogen-bond donors (Lipinski definition) is 2. The third-order valence-electron chi connectivity index (χ3n) is 2.48. The molecule has 0 amide bonds. The zero-order chi connectivity index (χ0) is 9.10. The molecule has 2 nitrogen and oxygen atoms in total. The third-order valence-corrected chi connectivity index (χ3v) is 2.48. The van der Waals surface area contributed by atoms with Crippen molar-refractivity contribution in [2.75, 3.05) is 6.54 Å². The molecule has 0 saturated carbocycles. The van der Waals surface area contributed by atoms with Crippen LogP contribution in [-0.2, 0) is 19.6 Å². The SMILES string of the molecule is CCNCc1ccc2c(c1)CNC2. The zero-order valence-electron chi connectivity index (χ0n) is 8.06. The monoisotopic (exact) mass is 176 g/mol. The van der Waals surface area contributed by atoms with Gasteiger partial charge in [0.15, 0.2) is 0 Å². The van der Waals surface area contributed by atoms with Gasteiger partial charge in [0.05, 0.1) is 0 Å². The molecule has 0 aromatic heterocycles. The minimum Gasteiger partial charge on any atom is -0.313 e. The standard InChI is InChI=1S/C11H16N2/c1-2-12-6-9-3-4-10-7-13-8-11(10)5-9/h3-5,12-13H,2,6-8H2,1H3. The molecule has 0 atom stereocenters. The van der Waals surface area contributed by atoms with Crippen molar-refractivity contribution in [1.82, 2.24) is 10.6 Å². The molecule has 2 N–H and O–H groups in total. The van der Waals surface area contributed by atoms with Crippen molar-refractivity contribution < 1.29 is 0 Å². The zero-order valence-corrected chi connectivity index (χ0v) is 8.06. The predicted molar refractivity (Wildman–Crippen MR) is 54.4 cm³/mol. The van der Waals surface area contributed by atoms with Crippen molar-refractivity contribution in [2.45, 2.75) is 26.6 Å². The quantitative estimate of drug-likeness (QED) is 0.727. The lowest BCUT2D eigenvalue weighted by Gasteiger charge is -2.04. The summed E-state index contributed by atoms with van der Waals surface area (Å²) >= 11 is 0. The molecule has 1 aliphatic rings. The van der Waals surface area contributed by atoms with Crippen molar-refractivity contribution in [1.29, 1.82) is 0 Å². The van der Waals surface area contributed by atoms with Crippen LogP contribution in [-0.4, -0.2) is 6.54 Å². The van der Waals surface area contributed by atoms with Gasteiger partial charge in [-0.15, -0.1) is 0 Å². The first-order valence-corrected chi connectivity index (χ1v) is 4.92. The highest BCUT2D eigenvalue weighted by Crippen LogP contribution is 2.16. The van der Waals surface area contributed by atoms with Crippen LogP contribution in [0.4, 0.5) is 0 Å². The van der Waals surface area contributed by atoms with Crippen molar-refractivity contribution >= 4 is 0 Å². The second-order valence-corrected chi connectivity index (χ2v) is 3.49. The first-order valence-electron chi connectivity index (χ1n) is 4.92. The van der Waals surface area contributed by atoms with E-state index >= 15 is 0 Å². The van der Waals surface area contributed by atoms with Crippen LogP contribution < -0.4 is 10.6 Å². The first kappa shape index (κ1) is 8.73. The lowest BCUT2D eigenvalue weighted by atomic mass is 10.1. The van der Waals surface area contributed by atoms with Gasteiger partial charge in [-0.2, -0.15) is 0 Å². The molecule has 1 heterocycles. The first-order chi connectivity index (χ1) is 6.40. The molecule has 0 fully saturated rings. The topological polar surface area (TPSA) is 24.1 Å². The number of hydrogen-bond acceptors (Lipinski definition) is 2. The molecule has 1 aliphatic heterocycles. The molecule has 0 saturated heterocycles. The maximum atomic E-state index is 3.35. The highest BCUT2D eigenvalue weighted by Gasteiger charge is 2.09. The Balaban J connectivity index is 2.12. The number of fused-ring (bicyclic) bond motifs is 1. The third kappa shape index (κ3) is 1.90. The van der Waals surface area contributed by atoms with Gasteiger partial charge in [-0.3, -0.25) is 0 Å². The highest BCUT2D eigenvalue weighted by atomic mass is 14.9. The average Bonchev–Trinajstić information content (AvgIpc) is 2.61. The van der Waals surface area contributed by atoms with E-state index in [4.69, 9.17) is 0 Å². The number of nitrogens with one attached hydrogen (secondary N) is 2. The summed E-state index contributed by atoms with van der Waals surface area (Å²) in [6, 6.07) is 6.76. The second kappa shape index (κ2) is 3.90. The van der Waals surface area contributed by atoms with Crippen LogP contribution in [0.15, 0.2) is 18.2 Å². The normalized spacial score (nSPS) is 14.5. The summed E-state index contributed by atoms with van der Waals surface area (Å²) in [6.07, 6.45) is 0. The van der Waals surface area contributed by atoms with Crippen molar-refractivity contribution in [2.24, 2.45) is 0 Å². The summed E-state index contributed by atoms with van der Waals surface area (Å²) in [5.74, 6) is 0. The molecule has 0 unspecified atom stereocenters. The van der Waals surface area contributed by atoms with E-state index in [1.807, 2.05) is 0 Å². The predicted octanol–water partition coefficient (Wildman–Crippen LogP) is 1.40. The van der Waals surface area contributed by atoms with Gasteiger partial charge in [0.1, 0.15) is 0 Å². The van der Waals surface area contributed by atoms with Crippen LogP contribution in [0.2, 0.25) is 0 Å². The second-order valence-electron chi connectivity index (χ2n) is 3.49. The lowest BCUT2D eigenvalue weighted by molar-refractivity contribution is 0.725. The fraction of sp³-hybridized carbons (Fsp3) is 0.455. The Morgan fingerprint density at radius 1 is 1.31 bits per heavy atom. The van der Waals surface area contributed by atoms with Crippen molar-refractivity contribution in [3.8, 4) is 0 Å². The molecule has 1 aromatic rings. The van der Waals surface area contributed by atoms with E-state index in [2.05, 4.69) is 35.8 Å². The summed E-state index contributed by atoms with van der Waals surface area (Å²) in [7, 11) is 0. The Morgan fingerprint density at radius 2 is 2.15 bits per heavy atom. The van der Waals surface area contributed by atoms with E-state index in [0.29, 0.717) is 0 Å². The Hall–Kier alpha value is -0.860. The Labute approximate surface area is 79.4 Å². The molecule has 0 spiro atoms. The van der Waals surface area contributed by atoms with E-state index in [0.717, 1.165) is 26.2 Å². The summed E-state index contributed by atoms with van der Waals surface area (Å²) in [4.78, 5) is 0. The van der Waals surface area contributed by atoms with E-state index in [-0.39, 0.29) is 0 Å². The fourth-order valence-electron chi connectivity index (χ4n) is 1.73. The van der Waals surface area contributed by atoms with Crippen LogP contribution in [0.25, 0.3) is 0 Å². The molecule has 0 radical (unpaired) electrons. The van der Waals surface area contributed by atoms with Gasteiger partial charge in [-0.25, -0.2) is 0 Å². The van der Waals surface area contributed by atoms with Gasteiger partial charge in [0, 0.05) is 19.6 Å². The largest absolute Gasteiger partial charge is 0.313 e. The van der Waals surface area contributed by atoms with Crippen LogP contribution in [0.1, 0.15) is 23.6 Å². The van der Waals surface area contributed by atoms with Crippen LogP contribution >= 0.6 is 0 Å². The van der Waals surface area contributed by atoms with Gasteiger partial charge in [-0.1, -0.05) is 25.1 Å². The van der Waals surface area contributed by atoms with Gasteiger partial charge in [0.2, 0.25) is 0 Å². The number of rotatable bonds is 3. The van der Waals surface area contributed by atoms with E-state index < -0.39 is 0 Å². The van der Waals surface area contributed by atoms with Gasteiger partial charge < -0.3 is 10.6 Å². The summed E-state index contributed by atoms with van der Waals surface area (Å²) in [5, 5.41) is 6.69. The molecule has 2 rings (SSSR count). The van der Waals surface area contributed by atoms with E-state index in [1.165, 1.54) is 16.7 Å². The minimum absolute atomic E-state index is 0.990.